The molecular weight excluding hydrogens is 410 g/mol. The van der Waals surface area contributed by atoms with Crippen LogP contribution in [0.3, 0.4) is 0 Å². The van der Waals surface area contributed by atoms with Gasteiger partial charge in [-0.15, -0.1) is 0 Å². The number of anilines is 1. The zero-order valence-electron chi connectivity index (χ0n) is 17.8. The second kappa shape index (κ2) is 8.83. The van der Waals surface area contributed by atoms with Crippen molar-refractivity contribution in [3.8, 4) is 33.9 Å². The first kappa shape index (κ1) is 21.0. The van der Waals surface area contributed by atoms with E-state index < -0.39 is 11.2 Å². The van der Waals surface area contributed by atoms with Gasteiger partial charge in [-0.1, -0.05) is 18.2 Å². The number of methoxy groups -OCH3 is 2. The standard InChI is InChI=1S/C24H23N3O3S/c1-25-24-26-20-14-22(30-3)21(29-2)13-19(20)23(27-24)17-7-5-6-16(12-17)15-8-10-18(11-9-15)31(4)28/h5-14H,1-4H3,(H,25,26,27). The van der Waals surface area contributed by atoms with Crippen LogP contribution in [0.4, 0.5) is 5.95 Å². The lowest BCUT2D eigenvalue weighted by atomic mass is 9.99. The second-order valence-corrected chi connectivity index (χ2v) is 8.31. The molecule has 0 spiro atoms. The normalized spacial score (nSPS) is 11.9. The molecule has 6 nitrogen and oxygen atoms in total. The molecule has 7 heteroatoms. The predicted octanol–water partition coefficient (Wildman–Crippen LogP) is 4.76. The molecule has 0 aliphatic carbocycles. The summed E-state index contributed by atoms with van der Waals surface area (Å²) >= 11 is -0.999. The summed E-state index contributed by atoms with van der Waals surface area (Å²) in [5.74, 6) is 1.76. The molecule has 158 valence electrons. The van der Waals surface area contributed by atoms with Gasteiger partial charge in [0, 0.05) is 24.1 Å². The Labute approximate surface area is 184 Å². The van der Waals surface area contributed by atoms with E-state index in [2.05, 4.69) is 16.4 Å². The van der Waals surface area contributed by atoms with Gasteiger partial charge in [0.15, 0.2) is 16.4 Å². The van der Waals surface area contributed by atoms with Gasteiger partial charge in [-0.3, -0.25) is 0 Å². The van der Waals surface area contributed by atoms with Crippen LogP contribution in [0.2, 0.25) is 0 Å². The first-order chi connectivity index (χ1) is 15.0. The van der Waals surface area contributed by atoms with Crippen molar-refractivity contribution >= 4 is 28.0 Å². The molecule has 1 aromatic heterocycles. The highest BCUT2D eigenvalue weighted by Gasteiger charge is 2.15. The number of ether oxygens (including phenoxy) is 2. The largest absolute Gasteiger partial charge is 0.612 e. The lowest BCUT2D eigenvalue weighted by molar-refractivity contribution is 0.356. The second-order valence-electron chi connectivity index (χ2n) is 6.93. The van der Waals surface area contributed by atoms with Crippen molar-refractivity contribution in [2.75, 3.05) is 32.8 Å². The summed E-state index contributed by atoms with van der Waals surface area (Å²) in [6.07, 6.45) is 1.68. The van der Waals surface area contributed by atoms with E-state index in [1.165, 1.54) is 0 Å². The van der Waals surface area contributed by atoms with Crippen LogP contribution < -0.4 is 14.8 Å². The van der Waals surface area contributed by atoms with Crippen LogP contribution in [0.5, 0.6) is 11.5 Å². The van der Waals surface area contributed by atoms with Gasteiger partial charge in [0.1, 0.15) is 6.26 Å². The maximum absolute atomic E-state index is 11.7. The Morgan fingerprint density at radius 2 is 1.52 bits per heavy atom. The van der Waals surface area contributed by atoms with E-state index in [-0.39, 0.29) is 0 Å². The van der Waals surface area contributed by atoms with Gasteiger partial charge < -0.3 is 19.3 Å². The summed E-state index contributed by atoms with van der Waals surface area (Å²) in [6, 6.07) is 19.7. The summed E-state index contributed by atoms with van der Waals surface area (Å²) in [7, 11) is 5.01. The molecular formula is C24H23N3O3S. The average molecular weight is 434 g/mol. The molecule has 0 saturated heterocycles. The van der Waals surface area contributed by atoms with Crippen molar-refractivity contribution in [1.82, 2.24) is 9.97 Å². The summed E-state index contributed by atoms with van der Waals surface area (Å²) in [6.45, 7) is 0. The Morgan fingerprint density at radius 1 is 0.839 bits per heavy atom. The molecule has 0 radical (unpaired) electrons. The Balaban J connectivity index is 1.87. The first-order valence-corrected chi connectivity index (χ1v) is 11.3. The molecule has 0 amide bonds. The Bertz CT molecular complexity index is 1230. The molecule has 0 saturated carbocycles. The third kappa shape index (κ3) is 4.15. The zero-order valence-corrected chi connectivity index (χ0v) is 18.6. The summed E-state index contributed by atoms with van der Waals surface area (Å²) in [5.41, 5.74) is 4.60. The van der Waals surface area contributed by atoms with Crippen LogP contribution in [-0.4, -0.2) is 42.0 Å². The summed E-state index contributed by atoms with van der Waals surface area (Å²) < 4.78 is 22.6. The molecule has 0 aliphatic rings. The lowest BCUT2D eigenvalue weighted by Crippen LogP contribution is -2.00. The average Bonchev–Trinajstić information content (AvgIpc) is 2.82. The minimum Gasteiger partial charge on any atom is -0.612 e. The van der Waals surface area contributed by atoms with Gasteiger partial charge in [0.05, 0.1) is 25.4 Å². The molecule has 4 aromatic rings. The summed E-state index contributed by atoms with van der Waals surface area (Å²) in [4.78, 5) is 10.1. The number of nitrogens with zero attached hydrogens (tertiary/aromatic N) is 2. The number of rotatable bonds is 6. The summed E-state index contributed by atoms with van der Waals surface area (Å²) in [5, 5.41) is 3.90. The van der Waals surface area contributed by atoms with Gasteiger partial charge in [0.2, 0.25) is 5.95 Å². The van der Waals surface area contributed by atoms with E-state index in [0.717, 1.165) is 38.2 Å². The number of nitrogens with one attached hydrogen (secondary N) is 1. The number of fused-ring (bicyclic) bond motifs is 1. The van der Waals surface area contributed by atoms with Crippen LogP contribution >= 0.6 is 0 Å². The van der Waals surface area contributed by atoms with E-state index in [1.807, 2.05) is 54.6 Å². The fourth-order valence-electron chi connectivity index (χ4n) is 3.47. The molecule has 0 bridgehead atoms. The monoisotopic (exact) mass is 433 g/mol. The molecule has 0 fully saturated rings. The zero-order chi connectivity index (χ0) is 22.0. The highest BCUT2D eigenvalue weighted by molar-refractivity contribution is 7.90. The minimum atomic E-state index is -0.999. The van der Waals surface area contributed by atoms with Crippen LogP contribution in [0, 0.1) is 0 Å². The van der Waals surface area contributed by atoms with E-state index in [4.69, 9.17) is 14.5 Å². The number of hydrogen-bond acceptors (Lipinski definition) is 6. The molecule has 31 heavy (non-hydrogen) atoms. The molecule has 1 atom stereocenters. The highest BCUT2D eigenvalue weighted by atomic mass is 32.2. The van der Waals surface area contributed by atoms with E-state index >= 15 is 0 Å². The highest BCUT2D eigenvalue weighted by Crippen LogP contribution is 2.37. The fraction of sp³-hybridized carbons (Fsp3) is 0.167. The van der Waals surface area contributed by atoms with Crippen molar-refractivity contribution in [3.63, 3.8) is 0 Å². The van der Waals surface area contributed by atoms with Crippen LogP contribution in [0.25, 0.3) is 33.3 Å². The van der Waals surface area contributed by atoms with E-state index in [1.54, 1.807) is 27.5 Å². The minimum absolute atomic E-state index is 0.523. The maximum atomic E-state index is 11.7. The third-order valence-electron chi connectivity index (χ3n) is 5.08. The van der Waals surface area contributed by atoms with Gasteiger partial charge in [-0.25, -0.2) is 9.97 Å². The first-order valence-electron chi connectivity index (χ1n) is 9.70. The molecule has 1 heterocycles. The Morgan fingerprint density at radius 3 is 2.16 bits per heavy atom. The quantitative estimate of drug-likeness (QED) is 0.442. The molecule has 1 unspecified atom stereocenters. The van der Waals surface area contributed by atoms with Gasteiger partial charge in [-0.05, 0) is 58.7 Å². The number of aromatic nitrogens is 2. The van der Waals surface area contributed by atoms with Crippen LogP contribution in [-0.2, 0) is 11.2 Å². The predicted molar refractivity (Wildman–Crippen MR) is 125 cm³/mol. The lowest BCUT2D eigenvalue weighted by Gasteiger charge is -2.13. The van der Waals surface area contributed by atoms with Gasteiger partial charge in [-0.2, -0.15) is 0 Å². The Kier molecular flexibility index (Phi) is 5.97. The number of hydrogen-bond donors (Lipinski definition) is 1. The van der Waals surface area contributed by atoms with Crippen LogP contribution in [0.15, 0.2) is 65.6 Å². The van der Waals surface area contributed by atoms with Crippen LogP contribution in [0.1, 0.15) is 0 Å². The van der Waals surface area contributed by atoms with Gasteiger partial charge in [0.25, 0.3) is 0 Å². The number of benzene rings is 3. The van der Waals surface area contributed by atoms with Crippen molar-refractivity contribution in [2.45, 2.75) is 4.90 Å². The van der Waals surface area contributed by atoms with E-state index in [9.17, 15) is 4.55 Å². The topological polar surface area (TPSA) is 79.3 Å². The molecule has 0 aliphatic heterocycles. The van der Waals surface area contributed by atoms with Crippen molar-refractivity contribution < 1.29 is 14.0 Å². The molecule has 3 aromatic carbocycles. The van der Waals surface area contributed by atoms with Crippen molar-refractivity contribution in [1.29, 1.82) is 0 Å². The fourth-order valence-corrected chi connectivity index (χ4v) is 3.99. The Hall–Kier alpha value is -3.29. The van der Waals surface area contributed by atoms with Gasteiger partial charge >= 0.3 is 0 Å². The SMILES string of the molecule is CNc1nc(-c2cccc(-c3ccc([S+](C)[O-])cc3)c2)c2cc(OC)c(OC)cc2n1. The van der Waals surface area contributed by atoms with E-state index in [0.29, 0.717) is 17.4 Å². The van der Waals surface area contributed by atoms with Crippen molar-refractivity contribution in [2.24, 2.45) is 0 Å². The van der Waals surface area contributed by atoms with Crippen molar-refractivity contribution in [3.05, 3.63) is 60.7 Å². The molecule has 4 rings (SSSR count). The molecule has 1 N–H and O–H groups in total. The smallest absolute Gasteiger partial charge is 0.223 e. The maximum Gasteiger partial charge on any atom is 0.223 e. The third-order valence-corrected chi connectivity index (χ3v) is 6.02.